The molecular weight excluding hydrogens is 294 g/mol. The summed E-state index contributed by atoms with van der Waals surface area (Å²) in [5.41, 5.74) is 7.65. The molecule has 0 saturated carbocycles. The molecule has 0 aliphatic carbocycles. The van der Waals surface area contributed by atoms with E-state index >= 15 is 0 Å². The van der Waals surface area contributed by atoms with Gasteiger partial charge in [0.15, 0.2) is 5.96 Å². The highest BCUT2D eigenvalue weighted by Gasteiger charge is 2.06. The Morgan fingerprint density at radius 2 is 1.74 bits per heavy atom. The molecule has 2 aromatic carbocycles. The van der Waals surface area contributed by atoms with E-state index in [0.717, 1.165) is 11.3 Å². The zero-order valence-electron chi connectivity index (χ0n) is 13.5. The van der Waals surface area contributed by atoms with Gasteiger partial charge in [0.25, 0.3) is 0 Å². The van der Waals surface area contributed by atoms with Crippen molar-refractivity contribution < 1.29 is 14.2 Å². The van der Waals surface area contributed by atoms with E-state index in [1.165, 1.54) is 0 Å². The molecule has 122 valence electrons. The summed E-state index contributed by atoms with van der Waals surface area (Å²) in [7, 11) is 4.83. The molecule has 0 amide bonds. The predicted molar refractivity (Wildman–Crippen MR) is 91.5 cm³/mol. The van der Waals surface area contributed by atoms with Gasteiger partial charge in [0.2, 0.25) is 0 Å². The lowest BCUT2D eigenvalue weighted by atomic mass is 10.2. The number of aliphatic imine (C=N–C) groups is 1. The van der Waals surface area contributed by atoms with Gasteiger partial charge in [-0.2, -0.15) is 0 Å². The minimum Gasteiger partial charge on any atom is -0.497 e. The van der Waals surface area contributed by atoms with E-state index in [4.69, 9.17) is 19.9 Å². The van der Waals surface area contributed by atoms with Gasteiger partial charge in [0, 0.05) is 6.07 Å². The van der Waals surface area contributed by atoms with Crippen LogP contribution < -0.4 is 25.3 Å². The van der Waals surface area contributed by atoms with Crippen molar-refractivity contribution >= 4 is 11.6 Å². The maximum atomic E-state index is 5.95. The molecule has 0 spiro atoms. The predicted octanol–water partition coefficient (Wildman–Crippen LogP) is 2.64. The van der Waals surface area contributed by atoms with Gasteiger partial charge < -0.3 is 25.3 Å². The summed E-state index contributed by atoms with van der Waals surface area (Å²) in [6.45, 7) is 0.447. The van der Waals surface area contributed by atoms with Crippen LogP contribution in [0.4, 0.5) is 5.69 Å². The number of ether oxygens (including phenoxy) is 3. The van der Waals surface area contributed by atoms with Gasteiger partial charge in [-0.05, 0) is 29.8 Å². The standard InChI is InChI=1S/C17H21N3O3/c1-21-13-6-4-5-12(9-13)11-19-17(18)20-15-10-14(22-2)7-8-16(15)23-3/h4-10H,11H2,1-3H3,(H3,18,19,20). The number of hydrogen-bond acceptors (Lipinski definition) is 4. The number of methoxy groups -OCH3 is 3. The fourth-order valence-electron chi connectivity index (χ4n) is 2.04. The van der Waals surface area contributed by atoms with Crippen molar-refractivity contribution in [3.8, 4) is 17.2 Å². The van der Waals surface area contributed by atoms with E-state index in [9.17, 15) is 0 Å². The zero-order chi connectivity index (χ0) is 16.7. The highest BCUT2D eigenvalue weighted by molar-refractivity contribution is 5.94. The summed E-state index contributed by atoms with van der Waals surface area (Å²) in [5.74, 6) is 2.44. The van der Waals surface area contributed by atoms with Gasteiger partial charge >= 0.3 is 0 Å². The lowest BCUT2D eigenvalue weighted by Crippen LogP contribution is -2.23. The second-order valence-corrected chi connectivity index (χ2v) is 4.74. The van der Waals surface area contributed by atoms with Crippen molar-refractivity contribution in [3.05, 3.63) is 48.0 Å². The largest absolute Gasteiger partial charge is 0.497 e. The van der Waals surface area contributed by atoms with Gasteiger partial charge in [0.05, 0.1) is 33.6 Å². The molecular formula is C17H21N3O3. The number of hydrogen-bond donors (Lipinski definition) is 2. The van der Waals surface area contributed by atoms with Crippen LogP contribution in [0.5, 0.6) is 17.2 Å². The van der Waals surface area contributed by atoms with Crippen molar-refractivity contribution in [2.24, 2.45) is 10.7 Å². The molecule has 23 heavy (non-hydrogen) atoms. The number of nitrogens with zero attached hydrogens (tertiary/aromatic N) is 1. The summed E-state index contributed by atoms with van der Waals surface area (Å²) < 4.78 is 15.7. The Hall–Kier alpha value is -2.89. The number of benzene rings is 2. The minimum absolute atomic E-state index is 0.291. The second kappa shape index (κ2) is 7.93. The molecule has 0 unspecified atom stereocenters. The van der Waals surface area contributed by atoms with Crippen molar-refractivity contribution in [1.82, 2.24) is 0 Å². The molecule has 0 bridgehead atoms. The highest BCUT2D eigenvalue weighted by atomic mass is 16.5. The molecule has 0 aliphatic heterocycles. The quantitative estimate of drug-likeness (QED) is 0.633. The van der Waals surface area contributed by atoms with Gasteiger partial charge in [-0.1, -0.05) is 12.1 Å². The van der Waals surface area contributed by atoms with Crippen LogP contribution >= 0.6 is 0 Å². The van der Waals surface area contributed by atoms with Crippen LogP contribution in [-0.4, -0.2) is 27.3 Å². The van der Waals surface area contributed by atoms with Crippen LogP contribution in [0.25, 0.3) is 0 Å². The van der Waals surface area contributed by atoms with Gasteiger partial charge in [-0.15, -0.1) is 0 Å². The maximum Gasteiger partial charge on any atom is 0.193 e. The average Bonchev–Trinajstić information content (AvgIpc) is 2.60. The lowest BCUT2D eigenvalue weighted by molar-refractivity contribution is 0.405. The Labute approximate surface area is 135 Å². The Morgan fingerprint density at radius 1 is 1.00 bits per heavy atom. The summed E-state index contributed by atoms with van der Waals surface area (Å²) in [4.78, 5) is 4.33. The van der Waals surface area contributed by atoms with E-state index in [-0.39, 0.29) is 0 Å². The third-order valence-electron chi connectivity index (χ3n) is 3.24. The van der Waals surface area contributed by atoms with Gasteiger partial charge in [0.1, 0.15) is 17.2 Å². The van der Waals surface area contributed by atoms with Gasteiger partial charge in [-0.3, -0.25) is 0 Å². The van der Waals surface area contributed by atoms with Crippen molar-refractivity contribution in [2.45, 2.75) is 6.54 Å². The first-order valence-electron chi connectivity index (χ1n) is 7.08. The first-order valence-corrected chi connectivity index (χ1v) is 7.08. The molecule has 2 aromatic rings. The normalized spacial score (nSPS) is 11.0. The second-order valence-electron chi connectivity index (χ2n) is 4.74. The highest BCUT2D eigenvalue weighted by Crippen LogP contribution is 2.28. The lowest BCUT2D eigenvalue weighted by Gasteiger charge is -2.12. The number of guanidine groups is 1. The average molecular weight is 315 g/mol. The summed E-state index contributed by atoms with van der Waals surface area (Å²) in [6.07, 6.45) is 0. The maximum absolute atomic E-state index is 5.95. The van der Waals surface area contributed by atoms with Crippen molar-refractivity contribution in [3.63, 3.8) is 0 Å². The molecule has 0 aromatic heterocycles. The van der Waals surface area contributed by atoms with Crippen LogP contribution in [0.3, 0.4) is 0 Å². The summed E-state index contributed by atoms with van der Waals surface area (Å²) in [6, 6.07) is 13.1. The first kappa shape index (κ1) is 16.5. The first-order chi connectivity index (χ1) is 11.2. The number of nitrogens with one attached hydrogen (secondary N) is 1. The monoisotopic (exact) mass is 315 g/mol. The fraction of sp³-hybridized carbons (Fsp3) is 0.235. The minimum atomic E-state index is 0.291. The molecule has 3 N–H and O–H groups in total. The van der Waals surface area contributed by atoms with Crippen LogP contribution in [0.15, 0.2) is 47.5 Å². The number of nitrogens with two attached hydrogens (primary N) is 1. The molecule has 0 fully saturated rings. The molecule has 0 atom stereocenters. The van der Waals surface area contributed by atoms with E-state index in [1.807, 2.05) is 30.3 Å². The molecule has 2 rings (SSSR count). The van der Waals surface area contributed by atoms with E-state index in [0.29, 0.717) is 29.7 Å². The van der Waals surface area contributed by atoms with E-state index in [1.54, 1.807) is 33.5 Å². The van der Waals surface area contributed by atoms with Crippen molar-refractivity contribution in [1.29, 1.82) is 0 Å². The Balaban J connectivity index is 2.10. The summed E-state index contributed by atoms with van der Waals surface area (Å²) >= 11 is 0. The Kier molecular flexibility index (Phi) is 5.68. The van der Waals surface area contributed by atoms with Crippen LogP contribution in [0.2, 0.25) is 0 Å². The topological polar surface area (TPSA) is 78.1 Å². The Morgan fingerprint density at radius 3 is 2.43 bits per heavy atom. The molecule has 0 heterocycles. The van der Waals surface area contributed by atoms with Crippen LogP contribution in [-0.2, 0) is 6.54 Å². The SMILES string of the molecule is COc1cccc(CN=C(N)Nc2cc(OC)ccc2OC)c1. The van der Waals surface area contributed by atoms with E-state index in [2.05, 4.69) is 10.3 Å². The number of rotatable bonds is 6. The molecule has 6 heteroatoms. The van der Waals surface area contributed by atoms with Crippen LogP contribution in [0.1, 0.15) is 5.56 Å². The third kappa shape index (κ3) is 4.54. The molecule has 6 nitrogen and oxygen atoms in total. The number of anilines is 1. The van der Waals surface area contributed by atoms with Gasteiger partial charge in [-0.25, -0.2) is 4.99 Å². The third-order valence-corrected chi connectivity index (χ3v) is 3.24. The zero-order valence-corrected chi connectivity index (χ0v) is 13.5. The van der Waals surface area contributed by atoms with Crippen LogP contribution in [0, 0.1) is 0 Å². The summed E-state index contributed by atoms with van der Waals surface area (Å²) in [5, 5.41) is 3.03. The molecule has 0 saturated heterocycles. The molecule has 0 aliphatic rings. The Bertz CT molecular complexity index is 687. The van der Waals surface area contributed by atoms with Crippen molar-refractivity contribution in [2.75, 3.05) is 26.6 Å². The fourth-order valence-corrected chi connectivity index (χ4v) is 2.04. The smallest absolute Gasteiger partial charge is 0.193 e. The molecule has 0 radical (unpaired) electrons. The van der Waals surface area contributed by atoms with E-state index < -0.39 is 0 Å².